The first-order valence-electron chi connectivity index (χ1n) is 12.6. The number of fused-ring (bicyclic) bond motifs is 1. The van der Waals surface area contributed by atoms with E-state index in [1.165, 1.54) is 11.6 Å². The Kier molecular flexibility index (Phi) is 10.1. The topological polar surface area (TPSA) is 187 Å². The predicted octanol–water partition coefficient (Wildman–Crippen LogP) is 2.81. The number of nitrogens with zero attached hydrogens (tertiary/aromatic N) is 1. The van der Waals surface area contributed by atoms with Crippen molar-refractivity contribution in [1.82, 2.24) is 15.0 Å². The molecule has 5 rings (SSSR count). The van der Waals surface area contributed by atoms with Gasteiger partial charge >= 0.3 is 0 Å². The van der Waals surface area contributed by atoms with Gasteiger partial charge in [-0.05, 0) is 54.3 Å². The standard InChI is InChI=1S/C19H20N2O3S.C7H8ClN3O4S2/c1-2-13-3-6-15(20-12-13)9-10-24-16-7-4-14(5-8-16)11-17-18(22)21-19(23)25-17;8-4-1-5-7(2-6(4)16(9,12)13)17(14,15)11-3-10-5/h3-8,12,17H,2,9-11H2,1H3,(H,21,22,23);1-2,10-11H,3H2,(H2,9,12,13). The van der Waals surface area contributed by atoms with Crippen LogP contribution in [0.15, 0.2) is 64.5 Å². The van der Waals surface area contributed by atoms with Gasteiger partial charge in [0.2, 0.25) is 26.0 Å². The summed E-state index contributed by atoms with van der Waals surface area (Å²) in [6.45, 7) is 2.69. The molecule has 1 atom stereocenters. The van der Waals surface area contributed by atoms with Crippen molar-refractivity contribution in [2.45, 2.75) is 41.2 Å². The van der Waals surface area contributed by atoms with E-state index in [9.17, 15) is 26.4 Å². The maximum absolute atomic E-state index is 11.6. The molecule has 1 aromatic heterocycles. The molecule has 0 radical (unpaired) electrons. The molecule has 1 unspecified atom stereocenters. The highest BCUT2D eigenvalue weighted by molar-refractivity contribution is 8.15. The molecule has 1 fully saturated rings. The number of aromatic nitrogens is 1. The summed E-state index contributed by atoms with van der Waals surface area (Å²) in [4.78, 5) is 26.6. The molecule has 0 aliphatic carbocycles. The smallest absolute Gasteiger partial charge is 0.286 e. The van der Waals surface area contributed by atoms with Crippen LogP contribution in [0, 0.1) is 0 Å². The number of pyridine rings is 1. The molecule has 12 nitrogen and oxygen atoms in total. The second-order valence-corrected chi connectivity index (χ2v) is 14.0. The summed E-state index contributed by atoms with van der Waals surface area (Å²) in [5.74, 6) is 0.574. The Morgan fingerprint density at radius 2 is 1.83 bits per heavy atom. The Hall–Kier alpha value is -3.21. The summed E-state index contributed by atoms with van der Waals surface area (Å²) >= 11 is 6.77. The molecule has 3 aromatic rings. The highest BCUT2D eigenvalue weighted by Gasteiger charge is 2.31. The number of primary sulfonamides is 1. The Morgan fingerprint density at radius 3 is 2.43 bits per heavy atom. The van der Waals surface area contributed by atoms with Crippen molar-refractivity contribution in [2.24, 2.45) is 5.14 Å². The van der Waals surface area contributed by atoms with Crippen molar-refractivity contribution < 1.29 is 31.2 Å². The van der Waals surface area contributed by atoms with Crippen molar-refractivity contribution >= 4 is 60.2 Å². The molecule has 0 saturated carbocycles. The van der Waals surface area contributed by atoms with Crippen LogP contribution in [0.25, 0.3) is 0 Å². The van der Waals surface area contributed by atoms with Gasteiger partial charge in [0, 0.05) is 18.3 Å². The van der Waals surface area contributed by atoms with Crippen LogP contribution in [0.4, 0.5) is 10.5 Å². The van der Waals surface area contributed by atoms with E-state index in [0.29, 0.717) is 13.0 Å². The van der Waals surface area contributed by atoms with E-state index in [1.54, 1.807) is 0 Å². The van der Waals surface area contributed by atoms with E-state index < -0.39 is 24.9 Å². The summed E-state index contributed by atoms with van der Waals surface area (Å²) < 4.78 is 53.6. The van der Waals surface area contributed by atoms with Crippen molar-refractivity contribution in [3.8, 4) is 5.75 Å². The number of rotatable bonds is 8. The van der Waals surface area contributed by atoms with Gasteiger partial charge < -0.3 is 10.1 Å². The lowest BCUT2D eigenvalue weighted by atomic mass is 10.1. The minimum atomic E-state index is -4.07. The van der Waals surface area contributed by atoms with Crippen LogP contribution < -0.4 is 25.2 Å². The Bertz CT molecular complexity index is 1680. The number of halogens is 1. The van der Waals surface area contributed by atoms with E-state index in [0.717, 1.165) is 47.7 Å². The van der Waals surface area contributed by atoms with Gasteiger partial charge in [0.1, 0.15) is 15.5 Å². The number of ether oxygens (including phenoxy) is 1. The minimum absolute atomic E-state index is 0.0143. The fourth-order valence-corrected chi connectivity index (χ4v) is 7.11. The summed E-state index contributed by atoms with van der Waals surface area (Å²) in [6, 6.07) is 13.9. The lowest BCUT2D eigenvalue weighted by Gasteiger charge is -2.20. The molecule has 42 heavy (non-hydrogen) atoms. The van der Waals surface area contributed by atoms with Gasteiger partial charge in [0.25, 0.3) is 5.24 Å². The van der Waals surface area contributed by atoms with E-state index in [-0.39, 0.29) is 38.7 Å². The van der Waals surface area contributed by atoms with Crippen molar-refractivity contribution in [1.29, 1.82) is 0 Å². The number of thioether (sulfide) groups is 1. The molecule has 2 aliphatic rings. The van der Waals surface area contributed by atoms with Crippen LogP contribution in [0.5, 0.6) is 5.75 Å². The molecular formula is C26H28ClN5O7S3. The Labute approximate surface area is 252 Å². The van der Waals surface area contributed by atoms with Crippen molar-refractivity contribution in [2.75, 3.05) is 18.6 Å². The first-order valence-corrected chi connectivity index (χ1v) is 16.9. The SMILES string of the molecule is CCc1ccc(CCOc2ccc(CC3SC(=O)NC3=O)cc2)nc1.NS(=O)(=O)c1cc2c(cc1Cl)NCNS2(=O)=O. The lowest BCUT2D eigenvalue weighted by Crippen LogP contribution is -2.34. The summed E-state index contributed by atoms with van der Waals surface area (Å²) in [5.41, 5.74) is 3.49. The zero-order chi connectivity index (χ0) is 30.5. The number of imide groups is 1. The quantitative estimate of drug-likeness (QED) is 0.282. The Balaban J connectivity index is 0.000000208. The number of carbonyl (C=O) groups is 2. The van der Waals surface area contributed by atoms with Gasteiger partial charge in [-0.1, -0.05) is 48.5 Å². The number of benzene rings is 2. The number of carbonyl (C=O) groups excluding carboxylic acids is 2. The van der Waals surface area contributed by atoms with Gasteiger partial charge in [0.15, 0.2) is 0 Å². The van der Waals surface area contributed by atoms with Gasteiger partial charge in [-0.15, -0.1) is 0 Å². The summed E-state index contributed by atoms with van der Waals surface area (Å²) in [6.07, 6.45) is 4.19. The number of hydrogen-bond donors (Lipinski definition) is 4. The summed E-state index contributed by atoms with van der Waals surface area (Å²) in [5, 5.41) is 9.23. The monoisotopic (exact) mass is 653 g/mol. The maximum Gasteiger partial charge on any atom is 0.286 e. The van der Waals surface area contributed by atoms with Crippen LogP contribution >= 0.6 is 23.4 Å². The predicted molar refractivity (Wildman–Crippen MR) is 160 cm³/mol. The molecule has 2 amide bonds. The van der Waals surface area contributed by atoms with Crippen molar-refractivity contribution in [3.05, 3.63) is 76.6 Å². The molecule has 2 aromatic carbocycles. The zero-order valence-electron chi connectivity index (χ0n) is 22.3. The number of hydrogen-bond acceptors (Lipinski definition) is 10. The van der Waals surface area contributed by atoms with Gasteiger partial charge in [-0.25, -0.2) is 22.0 Å². The number of nitrogens with one attached hydrogen (secondary N) is 3. The average molecular weight is 654 g/mol. The van der Waals surface area contributed by atoms with E-state index >= 15 is 0 Å². The van der Waals surface area contributed by atoms with Crippen LogP contribution in [0.2, 0.25) is 5.02 Å². The van der Waals surface area contributed by atoms with E-state index in [4.69, 9.17) is 21.5 Å². The number of sulfonamides is 2. The molecule has 2 aliphatic heterocycles. The van der Waals surface area contributed by atoms with Gasteiger partial charge in [-0.2, -0.15) is 4.72 Å². The Morgan fingerprint density at radius 1 is 1.12 bits per heavy atom. The lowest BCUT2D eigenvalue weighted by molar-refractivity contribution is -0.118. The molecular weight excluding hydrogens is 626 g/mol. The maximum atomic E-state index is 11.6. The van der Waals surface area contributed by atoms with E-state index in [2.05, 4.69) is 33.3 Å². The van der Waals surface area contributed by atoms with Crippen LogP contribution in [-0.4, -0.2) is 51.5 Å². The molecule has 1 saturated heterocycles. The molecule has 0 spiro atoms. The fourth-order valence-electron chi connectivity index (χ4n) is 3.97. The number of nitrogens with two attached hydrogens (primary N) is 1. The number of aryl methyl sites for hydroxylation is 1. The van der Waals surface area contributed by atoms with Gasteiger partial charge in [-0.3, -0.25) is 19.9 Å². The summed E-state index contributed by atoms with van der Waals surface area (Å²) in [7, 11) is -7.80. The highest BCUT2D eigenvalue weighted by atomic mass is 35.5. The second kappa shape index (κ2) is 13.4. The minimum Gasteiger partial charge on any atom is -0.493 e. The van der Waals surface area contributed by atoms with Crippen LogP contribution in [-0.2, 0) is 44.1 Å². The third-order valence-corrected chi connectivity index (χ3v) is 10.0. The second-order valence-electron chi connectivity index (χ2n) is 9.17. The fraction of sp³-hybridized carbons (Fsp3) is 0.269. The average Bonchev–Trinajstić information content (AvgIpc) is 3.25. The molecule has 5 N–H and O–H groups in total. The highest BCUT2D eigenvalue weighted by Crippen LogP contribution is 2.32. The number of amides is 2. The largest absolute Gasteiger partial charge is 0.493 e. The third-order valence-electron chi connectivity index (χ3n) is 6.20. The van der Waals surface area contributed by atoms with Crippen LogP contribution in [0.1, 0.15) is 23.7 Å². The van der Waals surface area contributed by atoms with Crippen molar-refractivity contribution in [3.63, 3.8) is 0 Å². The molecule has 3 heterocycles. The normalized spacial score (nSPS) is 17.4. The first-order chi connectivity index (χ1) is 19.9. The molecule has 224 valence electrons. The molecule has 16 heteroatoms. The number of anilines is 1. The van der Waals surface area contributed by atoms with Gasteiger partial charge in [0.05, 0.1) is 29.2 Å². The first kappa shape index (κ1) is 31.7. The van der Waals surface area contributed by atoms with Crippen LogP contribution in [0.3, 0.4) is 0 Å². The van der Waals surface area contributed by atoms with E-state index in [1.807, 2.05) is 36.5 Å². The third kappa shape index (κ3) is 8.20. The zero-order valence-corrected chi connectivity index (χ0v) is 25.5. The molecule has 0 bridgehead atoms.